The molecule has 0 spiro atoms. The molecule has 1 saturated heterocycles. The molecule has 0 bridgehead atoms. The molecule has 1 heterocycles. The number of hydrogen-bond donors (Lipinski definition) is 1. The van der Waals surface area contributed by atoms with E-state index in [1.54, 1.807) is 20.8 Å². The van der Waals surface area contributed by atoms with E-state index in [2.05, 4.69) is 10.1 Å². The number of methoxy groups -OCH3 is 1. The predicted molar refractivity (Wildman–Crippen MR) is 80.2 cm³/mol. The van der Waals surface area contributed by atoms with Crippen molar-refractivity contribution in [3.63, 3.8) is 0 Å². The minimum Gasteiger partial charge on any atom is -0.468 e. The largest absolute Gasteiger partial charge is 0.468 e. The van der Waals surface area contributed by atoms with Crippen molar-refractivity contribution in [2.24, 2.45) is 0 Å². The highest BCUT2D eigenvalue weighted by Gasteiger charge is 2.38. The second kappa shape index (κ2) is 6.82. The maximum Gasteiger partial charge on any atom is 0.410 e. The zero-order valence-electron chi connectivity index (χ0n) is 13.6. The van der Waals surface area contributed by atoms with Crippen LogP contribution in [0, 0.1) is 0 Å². The van der Waals surface area contributed by atoms with E-state index in [1.807, 2.05) is 0 Å². The van der Waals surface area contributed by atoms with Crippen LogP contribution >= 0.6 is 0 Å². The Morgan fingerprint density at radius 3 is 2.36 bits per heavy atom. The second-order valence-electron chi connectivity index (χ2n) is 6.36. The standard InChI is InChI=1S/C13H24N2O6S/c1-13(2,3)21-12(17)15-7-10(11(16)20-4)14-6-9(15)8-22(5,18)19/h9-10,14H,6-8H2,1-5H3/t9-,10+/m1/s1. The predicted octanol–water partition coefficient (Wildman–Crippen LogP) is -0.218. The van der Waals surface area contributed by atoms with E-state index in [9.17, 15) is 18.0 Å². The molecule has 9 heteroatoms. The third kappa shape index (κ3) is 5.80. The summed E-state index contributed by atoms with van der Waals surface area (Å²) in [7, 11) is -2.03. The summed E-state index contributed by atoms with van der Waals surface area (Å²) in [5.74, 6) is -0.709. The van der Waals surface area contributed by atoms with E-state index in [0.717, 1.165) is 6.26 Å². The van der Waals surface area contributed by atoms with Gasteiger partial charge in [-0.3, -0.25) is 4.79 Å². The SMILES string of the molecule is COC(=O)[C@@H]1CN(C(=O)OC(C)(C)C)[C@@H](CS(C)(=O)=O)CN1. The molecule has 0 radical (unpaired) electrons. The van der Waals surface area contributed by atoms with E-state index >= 15 is 0 Å². The highest BCUT2D eigenvalue weighted by molar-refractivity contribution is 7.90. The second-order valence-corrected chi connectivity index (χ2v) is 8.55. The number of hydrogen-bond acceptors (Lipinski definition) is 7. The van der Waals surface area contributed by atoms with Crippen LogP contribution in [0.3, 0.4) is 0 Å². The number of ether oxygens (including phenoxy) is 2. The zero-order valence-corrected chi connectivity index (χ0v) is 14.4. The molecule has 1 N–H and O–H groups in total. The number of esters is 1. The molecule has 22 heavy (non-hydrogen) atoms. The van der Waals surface area contributed by atoms with Crippen molar-refractivity contribution < 1.29 is 27.5 Å². The van der Waals surface area contributed by atoms with Crippen molar-refractivity contribution in [1.29, 1.82) is 0 Å². The number of piperazine rings is 1. The molecule has 1 amide bonds. The molecular formula is C13H24N2O6S. The Kier molecular flexibility index (Phi) is 5.80. The van der Waals surface area contributed by atoms with Gasteiger partial charge < -0.3 is 19.7 Å². The van der Waals surface area contributed by atoms with Gasteiger partial charge in [0.2, 0.25) is 0 Å². The van der Waals surface area contributed by atoms with Gasteiger partial charge in [-0.25, -0.2) is 13.2 Å². The van der Waals surface area contributed by atoms with E-state index in [4.69, 9.17) is 4.74 Å². The average molecular weight is 336 g/mol. The third-order valence-corrected chi connectivity index (χ3v) is 4.02. The van der Waals surface area contributed by atoms with Gasteiger partial charge in [-0.05, 0) is 20.8 Å². The van der Waals surface area contributed by atoms with E-state index < -0.39 is 39.6 Å². The summed E-state index contributed by atoms with van der Waals surface area (Å²) in [6, 6.07) is -1.29. The minimum absolute atomic E-state index is 0.00176. The maximum absolute atomic E-state index is 12.3. The average Bonchev–Trinajstić information content (AvgIpc) is 2.34. The van der Waals surface area contributed by atoms with Crippen LogP contribution in [0.15, 0.2) is 0 Å². The molecule has 0 unspecified atom stereocenters. The number of nitrogens with one attached hydrogen (secondary N) is 1. The third-order valence-electron chi connectivity index (χ3n) is 3.03. The number of nitrogens with zero attached hydrogens (tertiary/aromatic N) is 1. The van der Waals surface area contributed by atoms with E-state index in [1.165, 1.54) is 12.0 Å². The molecular weight excluding hydrogens is 312 g/mol. The molecule has 1 rings (SSSR count). The highest BCUT2D eigenvalue weighted by atomic mass is 32.2. The lowest BCUT2D eigenvalue weighted by atomic mass is 10.1. The normalized spacial score (nSPS) is 23.0. The van der Waals surface area contributed by atoms with Crippen LogP contribution in [0.25, 0.3) is 0 Å². The number of carbonyl (C=O) groups excluding carboxylic acids is 2. The first-order chi connectivity index (χ1) is 9.93. The summed E-state index contributed by atoms with van der Waals surface area (Å²) in [5, 5.41) is 2.90. The first-order valence-electron chi connectivity index (χ1n) is 6.91. The number of rotatable bonds is 3. The number of amides is 1. The van der Waals surface area contributed by atoms with Crippen LogP contribution in [0.5, 0.6) is 0 Å². The van der Waals surface area contributed by atoms with Crippen molar-refractivity contribution in [2.45, 2.75) is 38.5 Å². The summed E-state index contributed by atoms with van der Waals surface area (Å²) >= 11 is 0. The molecule has 0 aliphatic carbocycles. The first kappa shape index (κ1) is 18.7. The molecule has 1 aliphatic heterocycles. The van der Waals surface area contributed by atoms with Crippen molar-refractivity contribution >= 4 is 21.9 Å². The van der Waals surface area contributed by atoms with Crippen LogP contribution in [-0.2, 0) is 24.1 Å². The molecule has 1 aliphatic rings. The Bertz CT molecular complexity index is 525. The molecule has 128 valence electrons. The lowest BCUT2D eigenvalue weighted by molar-refractivity contribution is -0.144. The van der Waals surface area contributed by atoms with Gasteiger partial charge in [0, 0.05) is 12.8 Å². The van der Waals surface area contributed by atoms with Crippen LogP contribution in [0.4, 0.5) is 4.79 Å². The molecule has 8 nitrogen and oxygen atoms in total. The summed E-state index contributed by atoms with van der Waals surface area (Å²) in [6.07, 6.45) is 0.462. The van der Waals surface area contributed by atoms with Gasteiger partial charge in [0.25, 0.3) is 0 Å². The number of carbonyl (C=O) groups is 2. The lowest BCUT2D eigenvalue weighted by Crippen LogP contribution is -2.62. The summed E-state index contributed by atoms with van der Waals surface area (Å²) in [5.41, 5.74) is -0.710. The van der Waals surface area contributed by atoms with Gasteiger partial charge in [0.1, 0.15) is 21.5 Å². The van der Waals surface area contributed by atoms with Gasteiger partial charge in [0.05, 0.1) is 25.4 Å². The Labute approximate surface area is 131 Å². The van der Waals surface area contributed by atoms with Crippen molar-refractivity contribution in [1.82, 2.24) is 10.2 Å². The summed E-state index contributed by atoms with van der Waals surface area (Å²) in [6.45, 7) is 5.33. The van der Waals surface area contributed by atoms with Crippen molar-refractivity contribution in [3.05, 3.63) is 0 Å². The molecule has 2 atom stereocenters. The highest BCUT2D eigenvalue weighted by Crippen LogP contribution is 2.16. The van der Waals surface area contributed by atoms with Gasteiger partial charge in [-0.1, -0.05) is 0 Å². The van der Waals surface area contributed by atoms with E-state index in [0.29, 0.717) is 0 Å². The van der Waals surface area contributed by atoms with E-state index in [-0.39, 0.29) is 18.8 Å². The topological polar surface area (TPSA) is 102 Å². The van der Waals surface area contributed by atoms with Crippen LogP contribution in [0.2, 0.25) is 0 Å². The van der Waals surface area contributed by atoms with Gasteiger partial charge in [0.15, 0.2) is 0 Å². The minimum atomic E-state index is -3.28. The van der Waals surface area contributed by atoms with Crippen LogP contribution in [-0.4, -0.2) is 75.3 Å². The fourth-order valence-electron chi connectivity index (χ4n) is 2.14. The summed E-state index contributed by atoms with van der Waals surface area (Å²) in [4.78, 5) is 25.2. The van der Waals surface area contributed by atoms with Gasteiger partial charge >= 0.3 is 12.1 Å². The molecule has 1 fully saturated rings. The lowest BCUT2D eigenvalue weighted by Gasteiger charge is -2.39. The maximum atomic E-state index is 12.3. The first-order valence-corrected chi connectivity index (χ1v) is 8.97. The fourth-order valence-corrected chi connectivity index (χ4v) is 3.14. The number of sulfone groups is 1. The quantitative estimate of drug-likeness (QED) is 0.711. The smallest absolute Gasteiger partial charge is 0.410 e. The Morgan fingerprint density at radius 1 is 1.32 bits per heavy atom. The van der Waals surface area contributed by atoms with Gasteiger partial charge in [-0.2, -0.15) is 0 Å². The molecule has 0 aromatic carbocycles. The Hall–Kier alpha value is -1.35. The Morgan fingerprint density at radius 2 is 1.91 bits per heavy atom. The monoisotopic (exact) mass is 336 g/mol. The molecule has 0 saturated carbocycles. The molecule has 0 aromatic heterocycles. The van der Waals surface area contributed by atoms with Crippen LogP contribution < -0.4 is 5.32 Å². The Balaban J connectivity index is 2.93. The van der Waals surface area contributed by atoms with Crippen molar-refractivity contribution in [3.8, 4) is 0 Å². The molecule has 0 aromatic rings. The van der Waals surface area contributed by atoms with Gasteiger partial charge in [-0.15, -0.1) is 0 Å². The summed E-state index contributed by atoms with van der Waals surface area (Å²) < 4.78 is 33.0. The van der Waals surface area contributed by atoms with Crippen LogP contribution in [0.1, 0.15) is 20.8 Å². The zero-order chi connectivity index (χ0) is 17.1. The van der Waals surface area contributed by atoms with Crippen molar-refractivity contribution in [2.75, 3.05) is 32.2 Å². The fraction of sp³-hybridized carbons (Fsp3) is 0.846.